The number of hydrogen-bond donors (Lipinski definition) is 0. The Morgan fingerprint density at radius 3 is 2.38 bits per heavy atom. The maximum Gasteiger partial charge on any atom is 0.147 e. The molecule has 0 saturated heterocycles. The number of furan rings is 2. The van der Waals surface area contributed by atoms with E-state index in [-0.39, 0.29) is 0 Å². The summed E-state index contributed by atoms with van der Waals surface area (Å²) in [5.41, 5.74) is 4.86. The monoisotopic (exact) mass is 272 g/mol. The minimum Gasteiger partial charge on any atom is -0.456 e. The summed E-state index contributed by atoms with van der Waals surface area (Å²) >= 11 is 0. The smallest absolute Gasteiger partial charge is 0.147 e. The molecular formula is C19H12O2. The van der Waals surface area contributed by atoms with Crippen molar-refractivity contribution in [2.24, 2.45) is 0 Å². The van der Waals surface area contributed by atoms with Gasteiger partial charge in [-0.05, 0) is 36.8 Å². The van der Waals surface area contributed by atoms with Gasteiger partial charge in [0.2, 0.25) is 0 Å². The summed E-state index contributed by atoms with van der Waals surface area (Å²) in [6, 6.07) is 18.4. The number of hydrogen-bond acceptors (Lipinski definition) is 2. The van der Waals surface area contributed by atoms with Gasteiger partial charge in [0.25, 0.3) is 0 Å². The van der Waals surface area contributed by atoms with Crippen LogP contribution in [0.4, 0.5) is 0 Å². The fourth-order valence-corrected chi connectivity index (χ4v) is 3.27. The predicted octanol–water partition coefficient (Wildman–Crippen LogP) is 5.79. The Labute approximate surface area is 120 Å². The van der Waals surface area contributed by atoms with Gasteiger partial charge in [-0.1, -0.05) is 30.3 Å². The molecule has 100 valence electrons. The van der Waals surface area contributed by atoms with E-state index in [2.05, 4.69) is 25.1 Å². The van der Waals surface area contributed by atoms with Crippen molar-refractivity contribution in [2.75, 3.05) is 0 Å². The average Bonchev–Trinajstić information content (AvgIpc) is 3.05. The number of fused-ring (bicyclic) bond motifs is 7. The number of benzene rings is 3. The lowest BCUT2D eigenvalue weighted by molar-refractivity contribution is 0.663. The molecule has 0 N–H and O–H groups in total. The van der Waals surface area contributed by atoms with E-state index in [0.717, 1.165) is 38.5 Å². The van der Waals surface area contributed by atoms with Crippen molar-refractivity contribution in [3.05, 3.63) is 60.2 Å². The van der Waals surface area contributed by atoms with Crippen molar-refractivity contribution < 1.29 is 8.83 Å². The first-order valence-corrected chi connectivity index (χ1v) is 7.05. The highest BCUT2D eigenvalue weighted by Crippen LogP contribution is 2.39. The molecule has 5 rings (SSSR count). The topological polar surface area (TPSA) is 26.3 Å². The number of para-hydroxylation sites is 1. The molecule has 3 aromatic carbocycles. The predicted molar refractivity (Wildman–Crippen MR) is 85.7 cm³/mol. The first-order chi connectivity index (χ1) is 10.3. The molecule has 2 aromatic heterocycles. The lowest BCUT2D eigenvalue weighted by Crippen LogP contribution is -1.73. The highest BCUT2D eigenvalue weighted by Gasteiger charge is 2.16. The van der Waals surface area contributed by atoms with Gasteiger partial charge in [-0.25, -0.2) is 0 Å². The fourth-order valence-electron chi connectivity index (χ4n) is 3.27. The van der Waals surface area contributed by atoms with Crippen molar-refractivity contribution in [3.63, 3.8) is 0 Å². The largest absolute Gasteiger partial charge is 0.456 e. The summed E-state index contributed by atoms with van der Waals surface area (Å²) in [7, 11) is 0. The quantitative estimate of drug-likeness (QED) is 0.356. The van der Waals surface area contributed by atoms with Crippen molar-refractivity contribution >= 4 is 43.9 Å². The van der Waals surface area contributed by atoms with Crippen molar-refractivity contribution in [2.45, 2.75) is 6.92 Å². The third-order valence-electron chi connectivity index (χ3n) is 4.21. The van der Waals surface area contributed by atoms with Crippen LogP contribution < -0.4 is 0 Å². The van der Waals surface area contributed by atoms with Crippen LogP contribution in [0.3, 0.4) is 0 Å². The highest BCUT2D eigenvalue weighted by atomic mass is 16.3. The minimum absolute atomic E-state index is 0.875. The van der Waals surface area contributed by atoms with Gasteiger partial charge in [-0.15, -0.1) is 0 Å². The third-order valence-corrected chi connectivity index (χ3v) is 4.21. The molecule has 0 aliphatic heterocycles. The van der Waals surface area contributed by atoms with Crippen LogP contribution in [0.1, 0.15) is 5.56 Å². The lowest BCUT2D eigenvalue weighted by atomic mass is 10.1. The summed E-state index contributed by atoms with van der Waals surface area (Å²) in [6.45, 7) is 2.12. The molecule has 0 aliphatic carbocycles. The van der Waals surface area contributed by atoms with Crippen LogP contribution in [0.5, 0.6) is 0 Å². The van der Waals surface area contributed by atoms with Crippen LogP contribution in [0.15, 0.2) is 63.4 Å². The number of rotatable bonds is 0. The van der Waals surface area contributed by atoms with Gasteiger partial charge in [-0.2, -0.15) is 0 Å². The second kappa shape index (κ2) is 3.67. The van der Waals surface area contributed by atoms with E-state index in [1.807, 2.05) is 36.4 Å². The molecule has 0 radical (unpaired) electrons. The molecule has 0 saturated carbocycles. The van der Waals surface area contributed by atoms with Gasteiger partial charge in [0.15, 0.2) is 0 Å². The Kier molecular flexibility index (Phi) is 1.92. The Balaban J connectivity index is 2.14. The molecule has 5 aromatic rings. The van der Waals surface area contributed by atoms with E-state index in [0.29, 0.717) is 0 Å². The molecule has 0 bridgehead atoms. The molecular weight excluding hydrogens is 260 g/mol. The zero-order chi connectivity index (χ0) is 14.0. The van der Waals surface area contributed by atoms with Crippen LogP contribution in [0.2, 0.25) is 0 Å². The SMILES string of the molecule is Cc1cccc2oc3c(ccc4oc5ccccc5c43)c12. The van der Waals surface area contributed by atoms with Crippen molar-refractivity contribution in [1.82, 2.24) is 0 Å². The molecule has 0 unspecified atom stereocenters. The standard InChI is InChI=1S/C19H12O2/c1-11-5-4-8-15-17(11)13-9-10-16-18(19(13)21-15)12-6-2-3-7-14(12)20-16/h2-10H,1H3. The van der Waals surface area contributed by atoms with Crippen molar-refractivity contribution in [3.8, 4) is 0 Å². The summed E-state index contributed by atoms with van der Waals surface area (Å²) < 4.78 is 12.1. The zero-order valence-electron chi connectivity index (χ0n) is 11.5. The summed E-state index contributed by atoms with van der Waals surface area (Å²) in [5, 5.41) is 4.52. The molecule has 0 amide bonds. The summed E-state index contributed by atoms with van der Waals surface area (Å²) in [6.07, 6.45) is 0. The van der Waals surface area contributed by atoms with Gasteiger partial charge in [-0.3, -0.25) is 0 Å². The molecule has 0 spiro atoms. The van der Waals surface area contributed by atoms with Gasteiger partial charge in [0.1, 0.15) is 22.3 Å². The molecule has 21 heavy (non-hydrogen) atoms. The lowest BCUT2D eigenvalue weighted by Gasteiger charge is -1.94. The average molecular weight is 272 g/mol. The highest BCUT2D eigenvalue weighted by molar-refractivity contribution is 6.22. The third kappa shape index (κ3) is 1.32. The van der Waals surface area contributed by atoms with Gasteiger partial charge in [0, 0.05) is 16.2 Å². The van der Waals surface area contributed by atoms with E-state index < -0.39 is 0 Å². The fraction of sp³-hybridized carbons (Fsp3) is 0.0526. The normalized spacial score (nSPS) is 12.0. The molecule has 0 fully saturated rings. The molecule has 2 nitrogen and oxygen atoms in total. The van der Waals surface area contributed by atoms with Gasteiger partial charge >= 0.3 is 0 Å². The zero-order valence-corrected chi connectivity index (χ0v) is 11.5. The molecule has 2 heteroatoms. The maximum absolute atomic E-state index is 6.15. The van der Waals surface area contributed by atoms with Gasteiger partial charge < -0.3 is 8.83 Å². The van der Waals surface area contributed by atoms with Crippen LogP contribution in [0.25, 0.3) is 43.9 Å². The van der Waals surface area contributed by atoms with E-state index >= 15 is 0 Å². The Morgan fingerprint density at radius 2 is 1.43 bits per heavy atom. The molecule has 0 atom stereocenters. The Morgan fingerprint density at radius 1 is 0.619 bits per heavy atom. The maximum atomic E-state index is 6.15. The molecule has 0 aliphatic rings. The minimum atomic E-state index is 0.875. The van der Waals surface area contributed by atoms with Crippen LogP contribution >= 0.6 is 0 Å². The molecule has 2 heterocycles. The second-order valence-corrected chi connectivity index (χ2v) is 5.46. The Bertz CT molecular complexity index is 1140. The van der Waals surface area contributed by atoms with Crippen LogP contribution in [0, 0.1) is 6.92 Å². The first kappa shape index (κ1) is 11.0. The summed E-state index contributed by atoms with van der Waals surface area (Å²) in [5.74, 6) is 0. The van der Waals surface area contributed by atoms with E-state index in [9.17, 15) is 0 Å². The second-order valence-electron chi connectivity index (χ2n) is 5.46. The van der Waals surface area contributed by atoms with Crippen molar-refractivity contribution in [1.29, 1.82) is 0 Å². The first-order valence-electron chi connectivity index (χ1n) is 7.05. The van der Waals surface area contributed by atoms with Crippen LogP contribution in [-0.2, 0) is 0 Å². The Hall–Kier alpha value is -2.74. The van der Waals surface area contributed by atoms with E-state index in [1.165, 1.54) is 10.9 Å². The van der Waals surface area contributed by atoms with E-state index in [4.69, 9.17) is 8.83 Å². The van der Waals surface area contributed by atoms with Gasteiger partial charge in [0.05, 0.1) is 5.39 Å². The number of aryl methyl sites for hydroxylation is 1. The van der Waals surface area contributed by atoms with Crippen LogP contribution in [-0.4, -0.2) is 0 Å². The summed E-state index contributed by atoms with van der Waals surface area (Å²) in [4.78, 5) is 0. The van der Waals surface area contributed by atoms with E-state index in [1.54, 1.807) is 0 Å².